The van der Waals surface area contributed by atoms with Gasteiger partial charge in [-0.3, -0.25) is 4.99 Å². The first-order valence-corrected chi connectivity index (χ1v) is 7.75. The SMILES string of the molecule is CC1CC(C)SC(NC(C)CN2CCCC2)=N1. The fourth-order valence-electron chi connectivity index (χ4n) is 2.68. The van der Waals surface area contributed by atoms with Gasteiger partial charge in [0.25, 0.3) is 0 Å². The van der Waals surface area contributed by atoms with Crippen LogP contribution < -0.4 is 5.32 Å². The van der Waals surface area contributed by atoms with E-state index < -0.39 is 0 Å². The standard InChI is InChI=1S/C13H25N3S/c1-10-8-12(3)17-13(14-10)15-11(2)9-16-6-4-5-7-16/h10-12H,4-9H2,1-3H3,(H,14,15). The van der Waals surface area contributed by atoms with E-state index in [1.165, 1.54) is 32.4 Å². The van der Waals surface area contributed by atoms with E-state index in [4.69, 9.17) is 4.99 Å². The molecule has 2 rings (SSSR count). The van der Waals surface area contributed by atoms with Crippen LogP contribution in [0.2, 0.25) is 0 Å². The Bertz CT molecular complexity index is 274. The average molecular weight is 255 g/mol. The number of aliphatic imine (C=N–C) groups is 1. The van der Waals surface area contributed by atoms with Gasteiger partial charge in [0, 0.05) is 17.8 Å². The highest BCUT2D eigenvalue weighted by molar-refractivity contribution is 8.14. The van der Waals surface area contributed by atoms with E-state index in [0.29, 0.717) is 17.3 Å². The number of amidine groups is 1. The Balaban J connectivity index is 1.79. The first kappa shape index (κ1) is 13.2. The van der Waals surface area contributed by atoms with E-state index in [1.54, 1.807) is 0 Å². The maximum absolute atomic E-state index is 4.70. The Kier molecular flexibility index (Phi) is 4.74. The van der Waals surface area contributed by atoms with Gasteiger partial charge in [0.2, 0.25) is 0 Å². The molecule has 3 nitrogen and oxygen atoms in total. The number of hydrogen-bond acceptors (Lipinski definition) is 4. The number of likely N-dealkylation sites (tertiary alicyclic amines) is 1. The van der Waals surface area contributed by atoms with E-state index in [1.807, 2.05) is 11.8 Å². The molecule has 0 saturated carbocycles. The molecule has 3 unspecified atom stereocenters. The zero-order valence-corrected chi connectivity index (χ0v) is 12.1. The molecule has 0 radical (unpaired) electrons. The topological polar surface area (TPSA) is 27.6 Å². The minimum Gasteiger partial charge on any atom is -0.361 e. The molecule has 0 bridgehead atoms. The molecule has 98 valence electrons. The van der Waals surface area contributed by atoms with Crippen molar-refractivity contribution in [3.8, 4) is 0 Å². The quantitative estimate of drug-likeness (QED) is 0.839. The highest BCUT2D eigenvalue weighted by Crippen LogP contribution is 2.24. The van der Waals surface area contributed by atoms with Gasteiger partial charge >= 0.3 is 0 Å². The molecule has 4 heteroatoms. The van der Waals surface area contributed by atoms with Gasteiger partial charge < -0.3 is 10.2 Å². The number of nitrogens with one attached hydrogen (secondary N) is 1. The zero-order chi connectivity index (χ0) is 12.3. The van der Waals surface area contributed by atoms with Gasteiger partial charge in [0.15, 0.2) is 5.17 Å². The molecule has 0 aromatic carbocycles. The van der Waals surface area contributed by atoms with Crippen molar-refractivity contribution in [3.63, 3.8) is 0 Å². The van der Waals surface area contributed by atoms with Gasteiger partial charge in [0.1, 0.15) is 0 Å². The van der Waals surface area contributed by atoms with Crippen LogP contribution in [0.5, 0.6) is 0 Å². The summed E-state index contributed by atoms with van der Waals surface area (Å²) in [5, 5.41) is 5.43. The summed E-state index contributed by atoms with van der Waals surface area (Å²) in [5.74, 6) is 0. The molecule has 17 heavy (non-hydrogen) atoms. The van der Waals surface area contributed by atoms with E-state index in [2.05, 4.69) is 31.0 Å². The lowest BCUT2D eigenvalue weighted by molar-refractivity contribution is 0.312. The summed E-state index contributed by atoms with van der Waals surface area (Å²) >= 11 is 1.90. The summed E-state index contributed by atoms with van der Waals surface area (Å²) < 4.78 is 0. The first-order chi connectivity index (χ1) is 8.13. The monoisotopic (exact) mass is 255 g/mol. The van der Waals surface area contributed by atoms with Crippen molar-refractivity contribution in [2.24, 2.45) is 4.99 Å². The highest BCUT2D eigenvalue weighted by Gasteiger charge is 2.20. The van der Waals surface area contributed by atoms with Gasteiger partial charge in [-0.2, -0.15) is 0 Å². The van der Waals surface area contributed by atoms with Crippen molar-refractivity contribution in [1.29, 1.82) is 0 Å². The third-order valence-corrected chi connectivity index (χ3v) is 4.47. The molecule has 0 amide bonds. The van der Waals surface area contributed by atoms with Crippen LogP contribution in [0.4, 0.5) is 0 Å². The molecule has 2 aliphatic heterocycles. The van der Waals surface area contributed by atoms with Crippen molar-refractivity contribution in [3.05, 3.63) is 0 Å². The Morgan fingerprint density at radius 2 is 2.12 bits per heavy atom. The van der Waals surface area contributed by atoms with E-state index >= 15 is 0 Å². The maximum Gasteiger partial charge on any atom is 0.157 e. The summed E-state index contributed by atoms with van der Waals surface area (Å²) in [6.07, 6.45) is 3.95. The largest absolute Gasteiger partial charge is 0.361 e. The minimum absolute atomic E-state index is 0.479. The van der Waals surface area contributed by atoms with E-state index in [-0.39, 0.29) is 0 Å². The first-order valence-electron chi connectivity index (χ1n) is 6.87. The molecule has 1 N–H and O–H groups in total. The molecule has 0 aromatic rings. The van der Waals surface area contributed by atoms with Crippen LogP contribution in [-0.2, 0) is 0 Å². The average Bonchev–Trinajstić information content (AvgIpc) is 2.67. The summed E-state index contributed by atoms with van der Waals surface area (Å²) in [4.78, 5) is 7.25. The third kappa shape index (κ3) is 4.18. The zero-order valence-electron chi connectivity index (χ0n) is 11.3. The molecule has 2 aliphatic rings. The fraction of sp³-hybridized carbons (Fsp3) is 0.923. The van der Waals surface area contributed by atoms with Gasteiger partial charge in [0.05, 0.1) is 6.04 Å². The van der Waals surface area contributed by atoms with Crippen molar-refractivity contribution in [1.82, 2.24) is 10.2 Å². The van der Waals surface area contributed by atoms with Crippen molar-refractivity contribution >= 4 is 16.9 Å². The highest BCUT2D eigenvalue weighted by atomic mass is 32.2. The van der Waals surface area contributed by atoms with Crippen LogP contribution >= 0.6 is 11.8 Å². The van der Waals surface area contributed by atoms with Gasteiger partial charge in [-0.15, -0.1) is 0 Å². The molecule has 0 spiro atoms. The Morgan fingerprint density at radius 3 is 2.76 bits per heavy atom. The van der Waals surface area contributed by atoms with Crippen LogP contribution in [0.1, 0.15) is 40.0 Å². The summed E-state index contributed by atoms with van der Waals surface area (Å²) in [6.45, 7) is 10.5. The Labute approximate surface area is 109 Å². The van der Waals surface area contributed by atoms with Crippen LogP contribution in [0, 0.1) is 0 Å². The third-order valence-electron chi connectivity index (χ3n) is 3.42. The molecule has 1 fully saturated rings. The Hall–Kier alpha value is -0.220. The molecular formula is C13H25N3S. The van der Waals surface area contributed by atoms with Crippen molar-refractivity contribution in [2.45, 2.75) is 57.4 Å². The fourth-order valence-corrected chi connectivity index (χ4v) is 3.95. The van der Waals surface area contributed by atoms with Crippen LogP contribution in [0.15, 0.2) is 4.99 Å². The van der Waals surface area contributed by atoms with Gasteiger partial charge in [-0.25, -0.2) is 0 Å². The number of hydrogen-bond donors (Lipinski definition) is 1. The molecular weight excluding hydrogens is 230 g/mol. The van der Waals surface area contributed by atoms with Crippen LogP contribution in [-0.4, -0.2) is 47.0 Å². The lowest BCUT2D eigenvalue weighted by Crippen LogP contribution is -2.41. The molecule has 0 aliphatic carbocycles. The molecule has 2 heterocycles. The van der Waals surface area contributed by atoms with E-state index in [9.17, 15) is 0 Å². The van der Waals surface area contributed by atoms with Crippen molar-refractivity contribution < 1.29 is 0 Å². The second-order valence-electron chi connectivity index (χ2n) is 5.50. The predicted octanol–water partition coefficient (Wildman–Crippen LogP) is 2.33. The van der Waals surface area contributed by atoms with Crippen LogP contribution in [0.25, 0.3) is 0 Å². The lowest BCUT2D eigenvalue weighted by Gasteiger charge is -2.27. The maximum atomic E-state index is 4.70. The van der Waals surface area contributed by atoms with Crippen molar-refractivity contribution in [2.75, 3.05) is 19.6 Å². The summed E-state index contributed by atoms with van der Waals surface area (Å²) in [6, 6.07) is 0.990. The Morgan fingerprint density at radius 1 is 1.41 bits per heavy atom. The second-order valence-corrected chi connectivity index (χ2v) is 6.93. The normalized spacial score (nSPS) is 32.3. The van der Waals surface area contributed by atoms with E-state index in [0.717, 1.165) is 11.7 Å². The molecule has 0 aromatic heterocycles. The lowest BCUT2D eigenvalue weighted by atomic mass is 10.2. The molecule has 1 saturated heterocycles. The molecule has 3 atom stereocenters. The summed E-state index contributed by atoms with van der Waals surface area (Å²) in [5.41, 5.74) is 0. The van der Waals surface area contributed by atoms with Gasteiger partial charge in [-0.05, 0) is 46.2 Å². The number of nitrogens with zero attached hydrogens (tertiary/aromatic N) is 2. The number of thioether (sulfide) groups is 1. The smallest absolute Gasteiger partial charge is 0.157 e. The second kappa shape index (κ2) is 6.10. The summed E-state index contributed by atoms with van der Waals surface area (Å²) in [7, 11) is 0. The van der Waals surface area contributed by atoms with Crippen LogP contribution in [0.3, 0.4) is 0 Å². The van der Waals surface area contributed by atoms with Gasteiger partial charge in [-0.1, -0.05) is 18.7 Å². The predicted molar refractivity (Wildman–Crippen MR) is 76.8 cm³/mol. The minimum atomic E-state index is 0.479. The number of rotatable bonds is 3.